The summed E-state index contributed by atoms with van der Waals surface area (Å²) in [4.78, 5) is 12.5. The first-order valence-corrected chi connectivity index (χ1v) is 10.5. The molecular formula is C22H31N3O4. The standard InChI is InChI=1S/C22H31N3O4/c1-4-23-22(28)20-19(24-12-14-8-6-5-7-9-14)21(29-25-20)16-10-15(13(2)3)17(26)11-18(16)27/h10-11,13-14,24,26-27H,4-9,12H2,1-3H3,(H,23,28). The molecule has 1 amide bonds. The Hall–Kier alpha value is -2.70. The molecule has 1 aliphatic rings. The van der Waals surface area contributed by atoms with Crippen LogP contribution in [0.2, 0.25) is 0 Å². The Labute approximate surface area is 171 Å². The summed E-state index contributed by atoms with van der Waals surface area (Å²) >= 11 is 0. The molecule has 1 aromatic heterocycles. The van der Waals surface area contributed by atoms with Crippen molar-refractivity contribution >= 4 is 11.6 Å². The Bertz CT molecular complexity index is 854. The lowest BCUT2D eigenvalue weighted by Gasteiger charge is -2.22. The van der Waals surface area contributed by atoms with Gasteiger partial charge in [-0.25, -0.2) is 0 Å². The van der Waals surface area contributed by atoms with Crippen LogP contribution in [-0.2, 0) is 0 Å². The zero-order chi connectivity index (χ0) is 21.0. The highest BCUT2D eigenvalue weighted by atomic mass is 16.5. The van der Waals surface area contributed by atoms with Crippen LogP contribution in [-0.4, -0.2) is 34.4 Å². The highest BCUT2D eigenvalue weighted by molar-refractivity contribution is 6.01. The van der Waals surface area contributed by atoms with E-state index in [1.54, 1.807) is 6.07 Å². The Morgan fingerprint density at radius 2 is 1.93 bits per heavy atom. The van der Waals surface area contributed by atoms with Crippen molar-refractivity contribution in [3.63, 3.8) is 0 Å². The molecule has 0 radical (unpaired) electrons. The lowest BCUT2D eigenvalue weighted by molar-refractivity contribution is 0.0947. The second-order valence-corrected chi connectivity index (χ2v) is 8.06. The van der Waals surface area contributed by atoms with E-state index in [2.05, 4.69) is 15.8 Å². The summed E-state index contributed by atoms with van der Waals surface area (Å²) in [7, 11) is 0. The molecule has 0 atom stereocenters. The highest BCUT2D eigenvalue weighted by Crippen LogP contribution is 2.42. The summed E-state index contributed by atoms with van der Waals surface area (Å²) in [6, 6.07) is 3.01. The summed E-state index contributed by atoms with van der Waals surface area (Å²) < 4.78 is 5.53. The van der Waals surface area contributed by atoms with Crippen LogP contribution in [0.25, 0.3) is 11.3 Å². The molecule has 1 aromatic carbocycles. The number of hydrogen-bond donors (Lipinski definition) is 4. The Kier molecular flexibility index (Phi) is 6.67. The molecule has 0 aliphatic heterocycles. The SMILES string of the molecule is CCNC(=O)c1noc(-c2cc(C(C)C)c(O)cc2O)c1NCC1CCCCC1. The lowest BCUT2D eigenvalue weighted by atomic mass is 9.89. The van der Waals surface area contributed by atoms with E-state index in [4.69, 9.17) is 4.52 Å². The van der Waals surface area contributed by atoms with E-state index in [9.17, 15) is 15.0 Å². The first kappa shape index (κ1) is 21.0. The first-order chi connectivity index (χ1) is 13.9. The minimum Gasteiger partial charge on any atom is -0.508 e. The van der Waals surface area contributed by atoms with Crippen molar-refractivity contribution in [1.29, 1.82) is 0 Å². The van der Waals surface area contributed by atoms with E-state index in [0.717, 1.165) is 19.4 Å². The van der Waals surface area contributed by atoms with Gasteiger partial charge in [-0.15, -0.1) is 0 Å². The van der Waals surface area contributed by atoms with Crippen molar-refractivity contribution < 1.29 is 19.5 Å². The number of anilines is 1. The van der Waals surface area contributed by atoms with E-state index in [0.29, 0.717) is 35.0 Å². The van der Waals surface area contributed by atoms with Crippen molar-refractivity contribution in [2.75, 3.05) is 18.4 Å². The van der Waals surface area contributed by atoms with Crippen molar-refractivity contribution in [1.82, 2.24) is 10.5 Å². The molecule has 4 N–H and O–H groups in total. The monoisotopic (exact) mass is 401 g/mol. The Morgan fingerprint density at radius 3 is 2.59 bits per heavy atom. The van der Waals surface area contributed by atoms with Crippen LogP contribution in [0.4, 0.5) is 5.69 Å². The first-order valence-electron chi connectivity index (χ1n) is 10.5. The Morgan fingerprint density at radius 1 is 1.21 bits per heavy atom. The van der Waals surface area contributed by atoms with Crippen LogP contribution >= 0.6 is 0 Å². The van der Waals surface area contributed by atoms with E-state index < -0.39 is 0 Å². The van der Waals surface area contributed by atoms with Gasteiger partial charge in [0.05, 0.1) is 5.56 Å². The highest BCUT2D eigenvalue weighted by Gasteiger charge is 2.26. The van der Waals surface area contributed by atoms with Crippen LogP contribution in [0.3, 0.4) is 0 Å². The second-order valence-electron chi connectivity index (χ2n) is 8.06. The third-order valence-electron chi connectivity index (χ3n) is 5.55. The molecule has 7 nitrogen and oxygen atoms in total. The summed E-state index contributed by atoms with van der Waals surface area (Å²) in [6.45, 7) is 6.95. The molecule has 1 fully saturated rings. The second kappa shape index (κ2) is 9.20. The number of aromatic hydroxyl groups is 2. The van der Waals surface area contributed by atoms with Crippen molar-refractivity contribution in [3.8, 4) is 22.8 Å². The van der Waals surface area contributed by atoms with Crippen LogP contribution in [0.15, 0.2) is 16.7 Å². The van der Waals surface area contributed by atoms with Gasteiger partial charge in [-0.2, -0.15) is 0 Å². The maximum absolute atomic E-state index is 12.5. The van der Waals surface area contributed by atoms with Crippen LogP contribution in [0, 0.1) is 5.92 Å². The Balaban J connectivity index is 1.99. The van der Waals surface area contributed by atoms with Crippen molar-refractivity contribution in [3.05, 3.63) is 23.4 Å². The van der Waals surface area contributed by atoms with Gasteiger partial charge in [-0.3, -0.25) is 4.79 Å². The van der Waals surface area contributed by atoms with Gasteiger partial charge in [0.1, 0.15) is 17.2 Å². The quantitative estimate of drug-likeness (QED) is 0.539. The minimum atomic E-state index is -0.323. The largest absolute Gasteiger partial charge is 0.508 e. The lowest BCUT2D eigenvalue weighted by Crippen LogP contribution is -2.25. The number of phenols is 2. The van der Waals surface area contributed by atoms with E-state index >= 15 is 0 Å². The van der Waals surface area contributed by atoms with Crippen molar-refractivity contribution in [2.45, 2.75) is 58.8 Å². The van der Waals surface area contributed by atoms with Crippen LogP contribution in [0.1, 0.15) is 74.8 Å². The maximum Gasteiger partial charge on any atom is 0.275 e. The molecule has 0 saturated heterocycles. The molecule has 1 heterocycles. The number of hydrogen-bond acceptors (Lipinski definition) is 6. The molecule has 0 spiro atoms. The van der Waals surface area contributed by atoms with Gasteiger partial charge in [-0.1, -0.05) is 38.3 Å². The minimum absolute atomic E-state index is 0.0291. The maximum atomic E-state index is 12.5. The number of carbonyl (C=O) groups is 1. The molecule has 1 aliphatic carbocycles. The van der Waals surface area contributed by atoms with Crippen molar-refractivity contribution in [2.24, 2.45) is 5.92 Å². The predicted molar refractivity (Wildman–Crippen MR) is 112 cm³/mol. The molecule has 29 heavy (non-hydrogen) atoms. The number of carbonyl (C=O) groups excluding carboxylic acids is 1. The van der Waals surface area contributed by atoms with Gasteiger partial charge >= 0.3 is 0 Å². The zero-order valence-corrected chi connectivity index (χ0v) is 17.4. The number of nitrogens with zero attached hydrogens (tertiary/aromatic N) is 1. The third kappa shape index (κ3) is 4.66. The molecule has 1 saturated carbocycles. The van der Waals surface area contributed by atoms with Crippen LogP contribution < -0.4 is 10.6 Å². The van der Waals surface area contributed by atoms with Gasteiger partial charge in [0, 0.05) is 19.2 Å². The molecule has 3 rings (SSSR count). The summed E-state index contributed by atoms with van der Waals surface area (Å²) in [6.07, 6.45) is 6.04. The number of aromatic nitrogens is 1. The summed E-state index contributed by atoms with van der Waals surface area (Å²) in [5.41, 5.74) is 1.75. The molecule has 0 unspecified atom stereocenters. The fourth-order valence-corrected chi connectivity index (χ4v) is 3.91. The van der Waals surface area contributed by atoms with E-state index in [-0.39, 0.29) is 29.0 Å². The molecule has 2 aromatic rings. The number of rotatable bonds is 7. The fourth-order valence-electron chi connectivity index (χ4n) is 3.91. The molecule has 7 heteroatoms. The predicted octanol–water partition coefficient (Wildman–Crippen LogP) is 4.62. The average Bonchev–Trinajstić information content (AvgIpc) is 3.11. The van der Waals surface area contributed by atoms with Gasteiger partial charge in [-0.05, 0) is 43.2 Å². The summed E-state index contributed by atoms with van der Waals surface area (Å²) in [5, 5.41) is 30.7. The molecular weight excluding hydrogens is 370 g/mol. The van der Waals surface area contributed by atoms with Gasteiger partial charge in [0.15, 0.2) is 11.5 Å². The number of amides is 1. The number of nitrogens with one attached hydrogen (secondary N) is 2. The fraction of sp³-hybridized carbons (Fsp3) is 0.545. The molecule has 158 valence electrons. The third-order valence-corrected chi connectivity index (χ3v) is 5.55. The number of benzene rings is 1. The summed E-state index contributed by atoms with van der Waals surface area (Å²) in [5.74, 6) is 0.483. The zero-order valence-electron chi connectivity index (χ0n) is 17.4. The van der Waals surface area contributed by atoms with Gasteiger partial charge < -0.3 is 25.4 Å². The van der Waals surface area contributed by atoms with E-state index in [1.165, 1.54) is 25.3 Å². The topological polar surface area (TPSA) is 108 Å². The molecule has 0 bridgehead atoms. The average molecular weight is 402 g/mol. The van der Waals surface area contributed by atoms with Gasteiger partial charge in [0.25, 0.3) is 5.91 Å². The smallest absolute Gasteiger partial charge is 0.275 e. The normalized spacial score (nSPS) is 14.9. The number of phenolic OH excluding ortho intramolecular Hbond substituents is 2. The van der Waals surface area contributed by atoms with Crippen LogP contribution in [0.5, 0.6) is 11.5 Å². The van der Waals surface area contributed by atoms with E-state index in [1.807, 2.05) is 20.8 Å². The van der Waals surface area contributed by atoms with Gasteiger partial charge in [0.2, 0.25) is 0 Å².